The molecule has 0 aromatic carbocycles. The second kappa shape index (κ2) is 9.49. The predicted octanol–water partition coefficient (Wildman–Crippen LogP) is 3.41. The van der Waals surface area contributed by atoms with Gasteiger partial charge < -0.3 is 14.4 Å². The number of carbonyl (C=O) groups excluding carboxylic acids is 1. The van der Waals surface area contributed by atoms with Crippen molar-refractivity contribution < 1.29 is 14.3 Å². The zero-order valence-corrected chi connectivity index (χ0v) is 14.1. The lowest BCUT2D eigenvalue weighted by Crippen LogP contribution is -2.36. The maximum absolute atomic E-state index is 11.6. The Morgan fingerprint density at radius 3 is 2.55 bits per heavy atom. The summed E-state index contributed by atoms with van der Waals surface area (Å²) in [7, 11) is 1.33. The van der Waals surface area contributed by atoms with Crippen LogP contribution in [0.15, 0.2) is 47.7 Å². The van der Waals surface area contributed by atoms with E-state index in [-0.39, 0.29) is 0 Å². The molecule has 0 aromatic heterocycles. The van der Waals surface area contributed by atoms with E-state index < -0.39 is 5.97 Å². The Morgan fingerprint density at radius 1 is 1.41 bits per heavy atom. The average Bonchev–Trinajstić information content (AvgIpc) is 2.54. The molecule has 0 bridgehead atoms. The quantitative estimate of drug-likeness (QED) is 0.408. The number of carbonyl (C=O) groups is 1. The first-order valence-electron chi connectivity index (χ1n) is 7.37. The summed E-state index contributed by atoms with van der Waals surface area (Å²) in [5.41, 5.74) is 1.04. The summed E-state index contributed by atoms with van der Waals surface area (Å²) in [6, 6.07) is 0. The largest absolute Gasteiger partial charge is 0.465 e. The van der Waals surface area contributed by atoms with Gasteiger partial charge in [0.15, 0.2) is 0 Å². The van der Waals surface area contributed by atoms with Gasteiger partial charge in [-0.1, -0.05) is 30.8 Å². The van der Waals surface area contributed by atoms with Crippen LogP contribution in [0.4, 0.5) is 0 Å². The standard InChI is InChI=1S/C17H24ClNO3/c1-5-7-14(17(20)21-4)12-16(18)13(3)19-10-8-15(9-11-19)22-6-2/h5,7,12,15H,1,3,6,8-11H2,2,4H3/b14-7+,16-12+. The Balaban J connectivity index is 2.72. The van der Waals surface area contributed by atoms with Crippen molar-refractivity contribution in [1.29, 1.82) is 0 Å². The Morgan fingerprint density at radius 2 is 2.05 bits per heavy atom. The van der Waals surface area contributed by atoms with Crippen molar-refractivity contribution in [2.75, 3.05) is 26.8 Å². The molecule has 0 unspecified atom stereocenters. The first kappa shape index (κ1) is 18.5. The Hall–Kier alpha value is -1.52. The molecule has 0 aliphatic carbocycles. The molecule has 0 saturated carbocycles. The Bertz CT molecular complexity index is 474. The number of nitrogens with zero attached hydrogens (tertiary/aromatic N) is 1. The number of allylic oxidation sites excluding steroid dienone is 3. The lowest BCUT2D eigenvalue weighted by atomic mass is 10.1. The van der Waals surface area contributed by atoms with Crippen molar-refractivity contribution in [2.45, 2.75) is 25.9 Å². The highest BCUT2D eigenvalue weighted by Crippen LogP contribution is 2.24. The van der Waals surface area contributed by atoms with Crippen LogP contribution in [0.1, 0.15) is 19.8 Å². The summed E-state index contributed by atoms with van der Waals surface area (Å²) < 4.78 is 10.3. The van der Waals surface area contributed by atoms with E-state index in [1.807, 2.05) is 6.92 Å². The smallest absolute Gasteiger partial charge is 0.337 e. The monoisotopic (exact) mass is 325 g/mol. The van der Waals surface area contributed by atoms with E-state index in [2.05, 4.69) is 18.1 Å². The SMILES string of the molecule is C=C/C=C(\C=C(\Cl)C(=C)N1CCC(OCC)CC1)C(=O)OC. The lowest BCUT2D eigenvalue weighted by molar-refractivity contribution is -0.135. The summed E-state index contributed by atoms with van der Waals surface area (Å²) in [6.07, 6.45) is 6.84. The molecule has 1 rings (SSSR count). The summed E-state index contributed by atoms with van der Waals surface area (Å²) in [4.78, 5) is 13.8. The summed E-state index contributed by atoms with van der Waals surface area (Å²) in [5, 5.41) is 0.424. The third kappa shape index (κ3) is 5.35. The van der Waals surface area contributed by atoms with E-state index in [4.69, 9.17) is 21.1 Å². The molecule has 1 aliphatic heterocycles. The third-order valence-electron chi connectivity index (χ3n) is 3.50. The van der Waals surface area contributed by atoms with Gasteiger partial charge in [0.05, 0.1) is 23.8 Å². The van der Waals surface area contributed by atoms with Crippen molar-refractivity contribution in [1.82, 2.24) is 4.90 Å². The number of methoxy groups -OCH3 is 1. The maximum atomic E-state index is 11.6. The molecule has 22 heavy (non-hydrogen) atoms. The molecular formula is C17H24ClNO3. The molecule has 1 heterocycles. The molecule has 0 amide bonds. The molecule has 5 heteroatoms. The number of hydrogen-bond acceptors (Lipinski definition) is 4. The second-order valence-corrected chi connectivity index (χ2v) is 5.34. The molecule has 122 valence electrons. The highest BCUT2D eigenvalue weighted by Gasteiger charge is 2.21. The van der Waals surface area contributed by atoms with E-state index in [1.165, 1.54) is 13.2 Å². The van der Waals surface area contributed by atoms with Gasteiger partial charge in [0.2, 0.25) is 0 Å². The van der Waals surface area contributed by atoms with Gasteiger partial charge in [-0.05, 0) is 31.9 Å². The first-order valence-corrected chi connectivity index (χ1v) is 7.75. The molecule has 1 saturated heterocycles. The van der Waals surface area contributed by atoms with E-state index in [0.717, 1.165) is 32.5 Å². The van der Waals surface area contributed by atoms with Gasteiger partial charge in [-0.15, -0.1) is 0 Å². The van der Waals surface area contributed by atoms with E-state index in [1.54, 1.807) is 12.2 Å². The number of piperidine rings is 1. The van der Waals surface area contributed by atoms with E-state index in [9.17, 15) is 4.79 Å². The number of esters is 1. The van der Waals surface area contributed by atoms with Crippen molar-refractivity contribution in [3.8, 4) is 0 Å². The maximum Gasteiger partial charge on any atom is 0.337 e. The zero-order valence-electron chi connectivity index (χ0n) is 13.3. The number of hydrogen-bond donors (Lipinski definition) is 0. The molecule has 0 atom stereocenters. The summed E-state index contributed by atoms with van der Waals surface area (Å²) in [6.45, 7) is 12.0. The fraction of sp³-hybridized carbons (Fsp3) is 0.471. The lowest BCUT2D eigenvalue weighted by Gasteiger charge is -2.34. The van der Waals surface area contributed by atoms with Gasteiger partial charge >= 0.3 is 5.97 Å². The number of likely N-dealkylation sites (tertiary alicyclic amines) is 1. The van der Waals surface area contributed by atoms with Gasteiger partial charge in [0, 0.05) is 25.4 Å². The van der Waals surface area contributed by atoms with Crippen molar-refractivity contribution in [2.24, 2.45) is 0 Å². The van der Waals surface area contributed by atoms with Gasteiger partial charge in [-0.3, -0.25) is 0 Å². The van der Waals surface area contributed by atoms with Crippen LogP contribution in [0.25, 0.3) is 0 Å². The molecule has 1 fully saturated rings. The second-order valence-electron chi connectivity index (χ2n) is 4.93. The predicted molar refractivity (Wildman–Crippen MR) is 89.6 cm³/mol. The van der Waals surface area contributed by atoms with Crippen LogP contribution in [0.3, 0.4) is 0 Å². The Labute approximate surface area is 137 Å². The highest BCUT2D eigenvalue weighted by atomic mass is 35.5. The van der Waals surface area contributed by atoms with E-state index >= 15 is 0 Å². The van der Waals surface area contributed by atoms with Crippen LogP contribution in [0.5, 0.6) is 0 Å². The minimum Gasteiger partial charge on any atom is -0.465 e. The zero-order chi connectivity index (χ0) is 16.5. The molecule has 0 aromatic rings. The highest BCUT2D eigenvalue weighted by molar-refractivity contribution is 6.32. The fourth-order valence-corrected chi connectivity index (χ4v) is 2.56. The molecular weight excluding hydrogens is 302 g/mol. The topological polar surface area (TPSA) is 38.8 Å². The van der Waals surface area contributed by atoms with Gasteiger partial charge in [-0.2, -0.15) is 0 Å². The van der Waals surface area contributed by atoms with Crippen molar-refractivity contribution in [3.05, 3.63) is 47.7 Å². The van der Waals surface area contributed by atoms with Crippen LogP contribution in [-0.4, -0.2) is 43.8 Å². The molecule has 0 radical (unpaired) electrons. The molecule has 4 nitrogen and oxygen atoms in total. The summed E-state index contributed by atoms with van der Waals surface area (Å²) >= 11 is 6.30. The fourth-order valence-electron chi connectivity index (χ4n) is 2.32. The van der Waals surface area contributed by atoms with Crippen LogP contribution < -0.4 is 0 Å². The number of halogens is 1. The minimum atomic E-state index is -0.457. The molecule has 1 aliphatic rings. The Kier molecular flexibility index (Phi) is 7.99. The van der Waals surface area contributed by atoms with Crippen LogP contribution in [0.2, 0.25) is 0 Å². The minimum absolute atomic E-state index is 0.308. The first-order chi connectivity index (χ1) is 10.5. The normalized spacial score (nSPS) is 17.3. The van der Waals surface area contributed by atoms with Crippen LogP contribution >= 0.6 is 11.6 Å². The van der Waals surface area contributed by atoms with Gasteiger partial charge in [0.1, 0.15) is 0 Å². The van der Waals surface area contributed by atoms with Crippen LogP contribution in [0, 0.1) is 0 Å². The van der Waals surface area contributed by atoms with E-state index in [0.29, 0.717) is 22.4 Å². The summed E-state index contributed by atoms with van der Waals surface area (Å²) in [5.74, 6) is -0.457. The van der Waals surface area contributed by atoms with Gasteiger partial charge in [-0.25, -0.2) is 4.79 Å². The average molecular weight is 326 g/mol. The van der Waals surface area contributed by atoms with Crippen LogP contribution in [-0.2, 0) is 14.3 Å². The van der Waals surface area contributed by atoms with Crippen molar-refractivity contribution in [3.63, 3.8) is 0 Å². The number of rotatable bonds is 7. The molecule has 0 N–H and O–H groups in total. The van der Waals surface area contributed by atoms with Gasteiger partial charge in [0.25, 0.3) is 0 Å². The van der Waals surface area contributed by atoms with Crippen molar-refractivity contribution >= 4 is 17.6 Å². The molecule has 0 spiro atoms. The third-order valence-corrected chi connectivity index (χ3v) is 3.83. The number of ether oxygens (including phenoxy) is 2.